The van der Waals surface area contributed by atoms with Crippen LogP contribution in [0.2, 0.25) is 0 Å². The molecule has 3 aromatic rings. The minimum atomic E-state index is -0.343. The molecular formula is C17H17N5O2. The zero-order valence-corrected chi connectivity index (χ0v) is 13.4. The smallest absolute Gasteiger partial charge is 0.258 e. The molecule has 0 aliphatic carbocycles. The fourth-order valence-corrected chi connectivity index (χ4v) is 2.61. The Bertz CT molecular complexity index is 977. The zero-order valence-electron chi connectivity index (χ0n) is 13.4. The van der Waals surface area contributed by atoms with Gasteiger partial charge < -0.3 is 15.0 Å². The Hall–Kier alpha value is -3.11. The van der Waals surface area contributed by atoms with E-state index in [2.05, 4.69) is 10.1 Å². The molecule has 0 saturated carbocycles. The molecule has 2 N–H and O–H groups in total. The number of nitrogens with one attached hydrogen (secondary N) is 1. The number of aromatic nitrogens is 3. The summed E-state index contributed by atoms with van der Waals surface area (Å²) in [6.45, 7) is 0.605. The number of benzene rings is 1. The Labute approximate surface area is 138 Å². The van der Waals surface area contributed by atoms with E-state index in [-0.39, 0.29) is 23.4 Å². The first-order chi connectivity index (χ1) is 11.5. The standard InChI is InChI=1S/C17H17N5O2/c1-21(2)10-13-9-19-22-15(13)20-16(23)14(17(22)24)7-11-3-5-12(8-18)6-4-11/h3-6,9,24H,7,10H2,1-2H3,(H,20,23). The van der Waals surface area contributed by atoms with E-state index in [1.165, 1.54) is 4.52 Å². The number of rotatable bonds is 4. The zero-order chi connectivity index (χ0) is 17.3. The normalized spacial score (nSPS) is 11.1. The Morgan fingerprint density at radius 1 is 1.33 bits per heavy atom. The molecule has 122 valence electrons. The Morgan fingerprint density at radius 3 is 2.67 bits per heavy atom. The molecule has 0 atom stereocenters. The summed E-state index contributed by atoms with van der Waals surface area (Å²) >= 11 is 0. The summed E-state index contributed by atoms with van der Waals surface area (Å²) in [6, 6.07) is 8.95. The van der Waals surface area contributed by atoms with Gasteiger partial charge in [0, 0.05) is 18.5 Å². The van der Waals surface area contributed by atoms with E-state index < -0.39 is 0 Å². The largest absolute Gasteiger partial charge is 0.493 e. The number of hydrogen-bond donors (Lipinski definition) is 2. The van der Waals surface area contributed by atoms with Crippen molar-refractivity contribution in [2.75, 3.05) is 14.1 Å². The first-order valence-corrected chi connectivity index (χ1v) is 7.44. The first-order valence-electron chi connectivity index (χ1n) is 7.44. The Kier molecular flexibility index (Phi) is 4.06. The lowest BCUT2D eigenvalue weighted by atomic mass is 10.1. The van der Waals surface area contributed by atoms with Gasteiger partial charge in [-0.1, -0.05) is 12.1 Å². The highest BCUT2D eigenvalue weighted by Crippen LogP contribution is 2.20. The van der Waals surface area contributed by atoms with E-state index in [0.29, 0.717) is 17.8 Å². The molecule has 7 nitrogen and oxygen atoms in total. The van der Waals surface area contributed by atoms with Gasteiger partial charge in [0.2, 0.25) is 5.88 Å². The summed E-state index contributed by atoms with van der Waals surface area (Å²) in [5.41, 5.74) is 2.60. The van der Waals surface area contributed by atoms with Gasteiger partial charge in [-0.25, -0.2) is 0 Å². The molecule has 2 heterocycles. The van der Waals surface area contributed by atoms with Crippen molar-refractivity contribution in [2.24, 2.45) is 0 Å². The number of aromatic hydroxyl groups is 1. The van der Waals surface area contributed by atoms with Crippen molar-refractivity contribution in [3.05, 3.63) is 63.1 Å². The summed E-state index contributed by atoms with van der Waals surface area (Å²) in [6.07, 6.45) is 1.89. The van der Waals surface area contributed by atoms with Crippen LogP contribution in [-0.2, 0) is 13.0 Å². The average molecular weight is 323 g/mol. The summed E-state index contributed by atoms with van der Waals surface area (Å²) in [4.78, 5) is 17.2. The third kappa shape index (κ3) is 2.87. The van der Waals surface area contributed by atoms with Crippen molar-refractivity contribution in [1.82, 2.24) is 19.5 Å². The molecule has 0 aliphatic rings. The van der Waals surface area contributed by atoms with Gasteiger partial charge in [0.1, 0.15) is 5.65 Å². The van der Waals surface area contributed by atoms with Gasteiger partial charge in [-0.15, -0.1) is 0 Å². The second-order valence-corrected chi connectivity index (χ2v) is 5.91. The second kappa shape index (κ2) is 6.18. The van der Waals surface area contributed by atoms with Crippen LogP contribution in [0.5, 0.6) is 5.88 Å². The predicted molar refractivity (Wildman–Crippen MR) is 88.8 cm³/mol. The predicted octanol–water partition coefficient (Wildman–Crippen LogP) is 1.25. The fraction of sp³-hybridized carbons (Fsp3) is 0.235. The number of H-pyrrole nitrogens is 1. The van der Waals surface area contributed by atoms with Gasteiger partial charge in [-0.2, -0.15) is 14.9 Å². The van der Waals surface area contributed by atoms with Crippen LogP contribution in [0.1, 0.15) is 22.3 Å². The van der Waals surface area contributed by atoms with Crippen molar-refractivity contribution in [2.45, 2.75) is 13.0 Å². The van der Waals surface area contributed by atoms with Gasteiger partial charge >= 0.3 is 0 Å². The van der Waals surface area contributed by atoms with E-state index in [1.807, 2.05) is 25.1 Å². The molecule has 0 unspecified atom stereocenters. The van der Waals surface area contributed by atoms with E-state index in [4.69, 9.17) is 5.26 Å². The third-order valence-corrected chi connectivity index (χ3v) is 3.77. The minimum Gasteiger partial charge on any atom is -0.493 e. The quantitative estimate of drug-likeness (QED) is 0.753. The molecule has 2 aromatic heterocycles. The van der Waals surface area contributed by atoms with Crippen molar-refractivity contribution in [3.8, 4) is 11.9 Å². The van der Waals surface area contributed by atoms with E-state index in [1.54, 1.807) is 30.5 Å². The first kappa shape index (κ1) is 15.8. The number of hydrogen-bond acceptors (Lipinski definition) is 5. The SMILES string of the molecule is CN(C)Cc1cnn2c(O)c(Cc3ccc(C#N)cc3)c(=O)[nH]c12. The number of aromatic amines is 1. The highest BCUT2D eigenvalue weighted by atomic mass is 16.3. The van der Waals surface area contributed by atoms with E-state index in [9.17, 15) is 9.90 Å². The minimum absolute atomic E-state index is 0.164. The second-order valence-electron chi connectivity index (χ2n) is 5.91. The monoisotopic (exact) mass is 323 g/mol. The van der Waals surface area contributed by atoms with Crippen LogP contribution in [0, 0.1) is 11.3 Å². The van der Waals surface area contributed by atoms with Crippen LogP contribution in [0.15, 0.2) is 35.3 Å². The number of nitrogens with zero attached hydrogens (tertiary/aromatic N) is 4. The summed E-state index contributed by atoms with van der Waals surface area (Å²) in [7, 11) is 3.83. The lowest BCUT2D eigenvalue weighted by molar-refractivity contribution is 0.403. The Balaban J connectivity index is 2.02. The Morgan fingerprint density at radius 2 is 2.04 bits per heavy atom. The van der Waals surface area contributed by atoms with Crippen molar-refractivity contribution in [3.63, 3.8) is 0 Å². The summed E-state index contributed by atoms with van der Waals surface area (Å²) in [5.74, 6) is -0.164. The molecule has 7 heteroatoms. The lowest BCUT2D eigenvalue weighted by Crippen LogP contribution is -2.17. The van der Waals surface area contributed by atoms with Gasteiger partial charge in [0.15, 0.2) is 0 Å². The molecule has 24 heavy (non-hydrogen) atoms. The fourth-order valence-electron chi connectivity index (χ4n) is 2.61. The molecule has 0 fully saturated rings. The molecule has 1 aromatic carbocycles. The molecular weight excluding hydrogens is 306 g/mol. The maximum Gasteiger partial charge on any atom is 0.258 e. The highest BCUT2D eigenvalue weighted by Gasteiger charge is 2.16. The number of nitriles is 1. The highest BCUT2D eigenvalue weighted by molar-refractivity contribution is 5.50. The molecule has 0 spiro atoms. The van der Waals surface area contributed by atoms with Crippen LogP contribution >= 0.6 is 0 Å². The van der Waals surface area contributed by atoms with Crippen LogP contribution in [0.25, 0.3) is 5.65 Å². The van der Waals surface area contributed by atoms with Crippen LogP contribution in [-0.4, -0.2) is 38.7 Å². The maximum atomic E-state index is 12.4. The molecule has 0 saturated heterocycles. The molecule has 0 aliphatic heterocycles. The van der Waals surface area contributed by atoms with E-state index in [0.717, 1.165) is 11.1 Å². The average Bonchev–Trinajstić information content (AvgIpc) is 2.94. The number of fused-ring (bicyclic) bond motifs is 1. The van der Waals surface area contributed by atoms with E-state index >= 15 is 0 Å². The van der Waals surface area contributed by atoms with Crippen molar-refractivity contribution >= 4 is 5.65 Å². The molecule has 0 amide bonds. The lowest BCUT2D eigenvalue weighted by Gasteiger charge is -2.09. The summed E-state index contributed by atoms with van der Waals surface area (Å²) < 4.78 is 1.35. The summed E-state index contributed by atoms with van der Waals surface area (Å²) in [5, 5.41) is 23.5. The van der Waals surface area contributed by atoms with Gasteiger partial charge in [0.25, 0.3) is 5.56 Å². The van der Waals surface area contributed by atoms with Crippen molar-refractivity contribution in [1.29, 1.82) is 5.26 Å². The van der Waals surface area contributed by atoms with Crippen molar-refractivity contribution < 1.29 is 5.11 Å². The topological polar surface area (TPSA) is 97.4 Å². The van der Waals surface area contributed by atoms with Gasteiger partial charge in [0.05, 0.1) is 23.4 Å². The molecule has 0 radical (unpaired) electrons. The van der Waals surface area contributed by atoms with Crippen LogP contribution in [0.4, 0.5) is 0 Å². The molecule has 0 bridgehead atoms. The van der Waals surface area contributed by atoms with Gasteiger partial charge in [-0.05, 0) is 31.8 Å². The van der Waals surface area contributed by atoms with Crippen LogP contribution < -0.4 is 5.56 Å². The van der Waals surface area contributed by atoms with Crippen LogP contribution in [0.3, 0.4) is 0 Å². The third-order valence-electron chi connectivity index (χ3n) is 3.77. The maximum absolute atomic E-state index is 12.4. The van der Waals surface area contributed by atoms with Gasteiger partial charge in [-0.3, -0.25) is 4.79 Å². The molecule has 3 rings (SSSR count).